The molecule has 1 aromatic rings. The lowest BCUT2D eigenvalue weighted by Crippen LogP contribution is -2.33. The molecule has 1 aromatic heterocycles. The molecule has 0 atom stereocenters. The zero-order chi connectivity index (χ0) is 14.2. The summed E-state index contributed by atoms with van der Waals surface area (Å²) in [4.78, 5) is 3.42. The fraction of sp³-hybridized carbons (Fsp3) is 0.571. The van der Waals surface area contributed by atoms with Gasteiger partial charge in [0.1, 0.15) is 0 Å². The first-order chi connectivity index (χ1) is 9.61. The molecule has 0 saturated heterocycles. The summed E-state index contributed by atoms with van der Waals surface area (Å²) in [6.45, 7) is 4.74. The van der Waals surface area contributed by atoms with Gasteiger partial charge < -0.3 is 10.3 Å². The van der Waals surface area contributed by atoms with Crippen LogP contribution >= 0.6 is 0 Å². The molecule has 0 aliphatic heterocycles. The Morgan fingerprint density at radius 1 is 1.40 bits per heavy atom. The zero-order valence-corrected chi connectivity index (χ0v) is 12.3. The maximum absolute atomic E-state index is 12.6. The van der Waals surface area contributed by atoms with E-state index in [-0.39, 0.29) is 6.04 Å². The Balaban J connectivity index is 1.73. The van der Waals surface area contributed by atoms with E-state index in [4.69, 9.17) is 0 Å². The van der Waals surface area contributed by atoms with E-state index in [1.54, 1.807) is 22.6 Å². The Labute approximate surface area is 120 Å². The number of nitrogens with zero attached hydrogens (tertiary/aromatic N) is 1. The number of sulfonamides is 1. The Hall–Kier alpha value is -1.11. The van der Waals surface area contributed by atoms with Gasteiger partial charge in [-0.3, -0.25) is 0 Å². The Morgan fingerprint density at radius 2 is 2.15 bits per heavy atom. The highest BCUT2D eigenvalue weighted by Crippen LogP contribution is 2.32. The van der Waals surface area contributed by atoms with Gasteiger partial charge in [0, 0.05) is 37.1 Å². The van der Waals surface area contributed by atoms with Gasteiger partial charge in [-0.05, 0) is 31.7 Å². The normalized spacial score (nSPS) is 19.4. The van der Waals surface area contributed by atoms with Gasteiger partial charge in [0.25, 0.3) is 0 Å². The van der Waals surface area contributed by atoms with E-state index < -0.39 is 10.0 Å². The van der Waals surface area contributed by atoms with E-state index in [0.29, 0.717) is 24.0 Å². The molecule has 2 saturated carbocycles. The minimum Gasteiger partial charge on any atom is -0.363 e. The van der Waals surface area contributed by atoms with E-state index in [9.17, 15) is 8.42 Å². The van der Waals surface area contributed by atoms with Crippen LogP contribution in [0.4, 0.5) is 0 Å². The number of H-pyrrole nitrogens is 1. The van der Waals surface area contributed by atoms with Crippen LogP contribution in [0, 0.1) is 0 Å². The van der Waals surface area contributed by atoms with Crippen molar-refractivity contribution >= 4 is 10.0 Å². The molecule has 0 unspecified atom stereocenters. The summed E-state index contributed by atoms with van der Waals surface area (Å²) in [5.41, 5.74) is 0.921. The molecule has 5 nitrogen and oxygen atoms in total. The van der Waals surface area contributed by atoms with Crippen molar-refractivity contribution in [3.05, 3.63) is 30.6 Å². The van der Waals surface area contributed by atoms with Crippen LogP contribution in [0.1, 0.15) is 31.4 Å². The van der Waals surface area contributed by atoms with Gasteiger partial charge >= 0.3 is 0 Å². The smallest absolute Gasteiger partial charge is 0.245 e. The van der Waals surface area contributed by atoms with Gasteiger partial charge in [0.15, 0.2) is 0 Å². The van der Waals surface area contributed by atoms with Crippen molar-refractivity contribution in [2.75, 3.05) is 6.54 Å². The third-order valence-corrected chi connectivity index (χ3v) is 5.64. The van der Waals surface area contributed by atoms with E-state index >= 15 is 0 Å². The van der Waals surface area contributed by atoms with Crippen LogP contribution in [0.3, 0.4) is 0 Å². The van der Waals surface area contributed by atoms with Crippen molar-refractivity contribution in [2.24, 2.45) is 0 Å². The molecule has 0 amide bonds. The number of aromatic nitrogens is 1. The van der Waals surface area contributed by atoms with Crippen LogP contribution in [0.25, 0.3) is 0 Å². The third kappa shape index (κ3) is 2.97. The second kappa shape index (κ2) is 5.35. The van der Waals surface area contributed by atoms with E-state index in [1.807, 2.05) is 0 Å². The fourth-order valence-electron chi connectivity index (χ4n) is 2.28. The molecule has 20 heavy (non-hydrogen) atoms. The lowest BCUT2D eigenvalue weighted by Gasteiger charge is -2.19. The Kier molecular flexibility index (Phi) is 3.70. The molecule has 1 heterocycles. The molecule has 0 aromatic carbocycles. The third-order valence-electron chi connectivity index (χ3n) is 3.74. The summed E-state index contributed by atoms with van der Waals surface area (Å²) in [6.07, 6.45) is 7.60. The van der Waals surface area contributed by atoms with E-state index in [1.165, 1.54) is 12.8 Å². The van der Waals surface area contributed by atoms with Gasteiger partial charge in [-0.25, -0.2) is 8.42 Å². The Morgan fingerprint density at radius 3 is 2.75 bits per heavy atom. The minimum absolute atomic E-state index is 0.154. The van der Waals surface area contributed by atoms with Crippen LogP contribution in [0.5, 0.6) is 0 Å². The van der Waals surface area contributed by atoms with Crippen molar-refractivity contribution in [3.63, 3.8) is 0 Å². The van der Waals surface area contributed by atoms with Crippen LogP contribution in [0.2, 0.25) is 0 Å². The molecular weight excluding hydrogens is 274 g/mol. The molecule has 110 valence electrons. The van der Waals surface area contributed by atoms with Crippen LogP contribution in [-0.2, 0) is 16.6 Å². The number of rotatable bonds is 8. The molecule has 0 bridgehead atoms. The Bertz CT molecular complexity index is 585. The standard InChI is InChI=1S/C14H21N3O2S/c1-2-7-17(13-5-6-13)20(18,19)14-8-12(16-10-14)9-15-11-3-4-11/h2,8,10-11,13,15-16H,1,3-7,9H2. The first-order valence-corrected chi connectivity index (χ1v) is 8.58. The number of hydrogen-bond acceptors (Lipinski definition) is 3. The predicted molar refractivity (Wildman–Crippen MR) is 77.8 cm³/mol. The number of nitrogens with one attached hydrogen (secondary N) is 2. The van der Waals surface area contributed by atoms with Gasteiger partial charge in [0.05, 0.1) is 4.90 Å². The molecule has 3 rings (SSSR count). The fourth-order valence-corrected chi connectivity index (χ4v) is 3.96. The second-order valence-corrected chi connectivity index (χ2v) is 7.50. The van der Waals surface area contributed by atoms with Gasteiger partial charge in [-0.2, -0.15) is 4.31 Å². The highest BCUT2D eigenvalue weighted by Gasteiger charge is 2.37. The van der Waals surface area contributed by atoms with Gasteiger partial charge in [-0.1, -0.05) is 6.08 Å². The summed E-state index contributed by atoms with van der Waals surface area (Å²) in [7, 11) is -3.40. The molecular formula is C14H21N3O2S. The van der Waals surface area contributed by atoms with E-state index in [2.05, 4.69) is 16.9 Å². The lowest BCUT2D eigenvalue weighted by molar-refractivity contribution is 0.436. The maximum atomic E-state index is 12.6. The molecule has 2 N–H and O–H groups in total. The van der Waals surface area contributed by atoms with Crippen molar-refractivity contribution in [1.82, 2.24) is 14.6 Å². The average Bonchev–Trinajstić information content (AvgIpc) is 3.33. The number of hydrogen-bond donors (Lipinski definition) is 2. The van der Waals surface area contributed by atoms with Gasteiger partial charge in [0.2, 0.25) is 10.0 Å². The molecule has 0 radical (unpaired) electrons. The van der Waals surface area contributed by atoms with Crippen molar-refractivity contribution in [1.29, 1.82) is 0 Å². The van der Waals surface area contributed by atoms with Crippen LogP contribution in [-0.4, -0.2) is 36.3 Å². The number of aromatic amines is 1. The first-order valence-electron chi connectivity index (χ1n) is 7.14. The summed E-state index contributed by atoms with van der Waals surface area (Å²) in [6, 6.07) is 2.51. The molecule has 2 aliphatic carbocycles. The summed E-state index contributed by atoms with van der Waals surface area (Å²) < 4.78 is 26.8. The lowest BCUT2D eigenvalue weighted by atomic mass is 10.4. The highest BCUT2D eigenvalue weighted by atomic mass is 32.2. The zero-order valence-electron chi connectivity index (χ0n) is 11.5. The SMILES string of the molecule is C=CCN(C1CC1)S(=O)(=O)c1c[nH]c(CNC2CC2)c1. The molecule has 2 fully saturated rings. The first kappa shape index (κ1) is 13.9. The van der Waals surface area contributed by atoms with Crippen LogP contribution in [0.15, 0.2) is 29.8 Å². The van der Waals surface area contributed by atoms with E-state index in [0.717, 1.165) is 18.5 Å². The van der Waals surface area contributed by atoms with Crippen molar-refractivity contribution in [3.8, 4) is 0 Å². The quantitative estimate of drug-likeness (QED) is 0.716. The monoisotopic (exact) mass is 295 g/mol. The van der Waals surface area contributed by atoms with Crippen LogP contribution < -0.4 is 5.32 Å². The second-order valence-electron chi connectivity index (χ2n) is 5.61. The largest absolute Gasteiger partial charge is 0.363 e. The molecule has 6 heteroatoms. The summed E-state index contributed by atoms with van der Waals surface area (Å²) >= 11 is 0. The summed E-state index contributed by atoms with van der Waals surface area (Å²) in [5.74, 6) is 0. The summed E-state index contributed by atoms with van der Waals surface area (Å²) in [5, 5.41) is 3.37. The predicted octanol–water partition coefficient (Wildman–Crippen LogP) is 1.61. The van der Waals surface area contributed by atoms with Gasteiger partial charge in [-0.15, -0.1) is 6.58 Å². The van der Waals surface area contributed by atoms with Crippen molar-refractivity contribution in [2.45, 2.75) is 49.2 Å². The molecule has 2 aliphatic rings. The van der Waals surface area contributed by atoms with Crippen molar-refractivity contribution < 1.29 is 8.42 Å². The minimum atomic E-state index is -3.40. The maximum Gasteiger partial charge on any atom is 0.245 e. The topological polar surface area (TPSA) is 65.2 Å². The molecule has 0 spiro atoms. The highest BCUT2D eigenvalue weighted by molar-refractivity contribution is 7.89. The average molecular weight is 295 g/mol.